The smallest absolute Gasteiger partial charge is 0.0351 e. The molecule has 0 fully saturated rings. The van der Waals surface area contributed by atoms with Crippen LogP contribution in [0.4, 0.5) is 0 Å². The fraction of sp³-hybridized carbons (Fsp3) is 0.913. The molecule has 23 heavy (non-hydrogen) atoms. The third kappa shape index (κ3) is 17.9. The van der Waals surface area contributed by atoms with Crippen molar-refractivity contribution in [3.63, 3.8) is 0 Å². The highest BCUT2D eigenvalue weighted by molar-refractivity contribution is 4.81. The Morgan fingerprint density at radius 2 is 1.00 bits per heavy atom. The topological polar surface area (TPSA) is 0 Å². The lowest BCUT2D eigenvalue weighted by Gasteiger charge is -2.13. The van der Waals surface area contributed by atoms with Crippen molar-refractivity contribution in [1.82, 2.24) is 0 Å². The third-order valence-electron chi connectivity index (χ3n) is 5.17. The molecule has 0 saturated carbocycles. The average Bonchev–Trinajstić information content (AvgIpc) is 2.57. The minimum absolute atomic E-state index is 0.989. The zero-order chi connectivity index (χ0) is 17.0. The van der Waals surface area contributed by atoms with Crippen LogP contribution in [0.2, 0.25) is 0 Å². The summed E-state index contributed by atoms with van der Waals surface area (Å²) in [6.45, 7) is 6.97. The molecule has 0 heteroatoms. The van der Waals surface area contributed by atoms with E-state index in [1.165, 1.54) is 109 Å². The van der Waals surface area contributed by atoms with Crippen molar-refractivity contribution in [2.45, 2.75) is 130 Å². The quantitative estimate of drug-likeness (QED) is 0.174. The van der Waals surface area contributed by atoms with Gasteiger partial charge in [0.05, 0.1) is 0 Å². The molecule has 138 valence electrons. The first-order chi connectivity index (χ1) is 11.3. The molecule has 1 unspecified atom stereocenters. The Morgan fingerprint density at radius 3 is 1.61 bits per heavy atom. The van der Waals surface area contributed by atoms with Gasteiger partial charge in [-0.05, 0) is 31.6 Å². The summed E-state index contributed by atoms with van der Waals surface area (Å²) in [5.74, 6) is 0.989. The maximum atomic E-state index is 2.44. The number of hydrogen-bond acceptors (Lipinski definition) is 0. The van der Waals surface area contributed by atoms with Crippen LogP contribution in [0.3, 0.4) is 0 Å². The Kier molecular flexibility index (Phi) is 19.6. The van der Waals surface area contributed by atoms with E-state index in [2.05, 4.69) is 32.9 Å². The van der Waals surface area contributed by atoms with Crippen molar-refractivity contribution >= 4 is 0 Å². The summed E-state index contributed by atoms with van der Waals surface area (Å²) >= 11 is 0. The Balaban J connectivity index is 3.36. The minimum atomic E-state index is 0.989. The predicted molar refractivity (Wildman–Crippen MR) is 108 cm³/mol. The Hall–Kier alpha value is -0.260. The van der Waals surface area contributed by atoms with Gasteiger partial charge in [-0.15, -0.1) is 0 Å². The highest BCUT2D eigenvalue weighted by Crippen LogP contribution is 2.20. The van der Waals surface area contributed by atoms with Crippen molar-refractivity contribution < 1.29 is 0 Å². The second-order valence-electron chi connectivity index (χ2n) is 7.44. The van der Waals surface area contributed by atoms with Crippen molar-refractivity contribution in [3.8, 4) is 0 Å². The molecule has 0 spiro atoms. The highest BCUT2D eigenvalue weighted by atomic mass is 14.1. The van der Waals surface area contributed by atoms with E-state index in [0.717, 1.165) is 5.92 Å². The molecule has 0 N–H and O–H groups in total. The minimum Gasteiger partial charge on any atom is -0.0885 e. The maximum Gasteiger partial charge on any atom is -0.0351 e. The van der Waals surface area contributed by atoms with Crippen LogP contribution in [-0.4, -0.2) is 0 Å². The Morgan fingerprint density at radius 1 is 0.522 bits per heavy atom. The van der Waals surface area contributed by atoms with Gasteiger partial charge < -0.3 is 0 Å². The summed E-state index contributed by atoms with van der Waals surface area (Å²) in [7, 11) is 0. The summed E-state index contributed by atoms with van der Waals surface area (Å²) in [4.78, 5) is 0. The third-order valence-corrected chi connectivity index (χ3v) is 5.17. The van der Waals surface area contributed by atoms with Crippen LogP contribution in [0.1, 0.15) is 130 Å². The van der Waals surface area contributed by atoms with Crippen molar-refractivity contribution in [1.29, 1.82) is 0 Å². The molecule has 0 amide bonds. The first-order valence-electron chi connectivity index (χ1n) is 11.0. The maximum absolute atomic E-state index is 2.44. The largest absolute Gasteiger partial charge is 0.0885 e. The molecular weight excluding hydrogens is 276 g/mol. The van der Waals surface area contributed by atoms with E-state index in [-0.39, 0.29) is 0 Å². The standard InChI is InChI=1S/C23H46/c1-4-7-9-11-12-13-14-15-16-18-20-22-23(6-3)21-19-17-10-8-5-2/h15-16,23H,4-14,17-22H2,1-3H3. The second kappa shape index (κ2) is 19.8. The van der Waals surface area contributed by atoms with Gasteiger partial charge in [0, 0.05) is 0 Å². The van der Waals surface area contributed by atoms with Gasteiger partial charge in [0.2, 0.25) is 0 Å². The van der Waals surface area contributed by atoms with E-state index in [9.17, 15) is 0 Å². The average molecular weight is 323 g/mol. The van der Waals surface area contributed by atoms with E-state index in [0.29, 0.717) is 0 Å². The molecule has 0 bridgehead atoms. The highest BCUT2D eigenvalue weighted by Gasteiger charge is 2.05. The fourth-order valence-corrected chi connectivity index (χ4v) is 3.39. The number of hydrogen-bond donors (Lipinski definition) is 0. The molecule has 0 heterocycles. The molecule has 0 aromatic heterocycles. The molecule has 0 aromatic rings. The normalized spacial score (nSPS) is 13.0. The SMILES string of the molecule is CCCCCCCCC=CCCCC(CC)CCCCCCC. The number of rotatable bonds is 18. The summed E-state index contributed by atoms with van der Waals surface area (Å²) in [5.41, 5.74) is 0. The lowest BCUT2D eigenvalue weighted by molar-refractivity contribution is 0.403. The molecule has 0 aliphatic carbocycles. The van der Waals surface area contributed by atoms with Crippen molar-refractivity contribution in [2.75, 3.05) is 0 Å². The Bertz CT molecular complexity index is 228. The van der Waals surface area contributed by atoms with Gasteiger partial charge in [-0.2, -0.15) is 0 Å². The second-order valence-corrected chi connectivity index (χ2v) is 7.44. The molecule has 0 aliphatic rings. The van der Waals surface area contributed by atoms with E-state index in [1.807, 2.05) is 0 Å². The van der Waals surface area contributed by atoms with Crippen LogP contribution >= 0.6 is 0 Å². The summed E-state index contributed by atoms with van der Waals surface area (Å²) in [5, 5.41) is 0. The van der Waals surface area contributed by atoms with Crippen LogP contribution in [0, 0.1) is 5.92 Å². The van der Waals surface area contributed by atoms with Crippen LogP contribution in [0.25, 0.3) is 0 Å². The molecule has 0 saturated heterocycles. The molecule has 0 nitrogen and oxygen atoms in total. The molecule has 0 rings (SSSR count). The number of unbranched alkanes of at least 4 members (excludes halogenated alkanes) is 11. The van der Waals surface area contributed by atoms with E-state index < -0.39 is 0 Å². The fourth-order valence-electron chi connectivity index (χ4n) is 3.39. The van der Waals surface area contributed by atoms with Gasteiger partial charge >= 0.3 is 0 Å². The summed E-state index contributed by atoms with van der Waals surface area (Å²) in [6, 6.07) is 0. The summed E-state index contributed by atoms with van der Waals surface area (Å²) in [6.07, 6.45) is 28.9. The predicted octanol–water partition coefficient (Wildman–Crippen LogP) is 8.85. The van der Waals surface area contributed by atoms with E-state index in [1.54, 1.807) is 0 Å². The van der Waals surface area contributed by atoms with Crippen LogP contribution in [0.15, 0.2) is 12.2 Å². The monoisotopic (exact) mass is 322 g/mol. The van der Waals surface area contributed by atoms with Crippen LogP contribution < -0.4 is 0 Å². The molecule has 0 aliphatic heterocycles. The van der Waals surface area contributed by atoms with Gasteiger partial charge in [0.15, 0.2) is 0 Å². The first kappa shape index (κ1) is 22.7. The van der Waals surface area contributed by atoms with E-state index in [4.69, 9.17) is 0 Å². The van der Waals surface area contributed by atoms with Gasteiger partial charge in [-0.1, -0.05) is 116 Å². The lowest BCUT2D eigenvalue weighted by Crippen LogP contribution is -1.98. The number of allylic oxidation sites excluding steroid dienone is 2. The van der Waals surface area contributed by atoms with Gasteiger partial charge in [-0.3, -0.25) is 0 Å². The van der Waals surface area contributed by atoms with Crippen molar-refractivity contribution in [2.24, 2.45) is 5.92 Å². The van der Waals surface area contributed by atoms with Gasteiger partial charge in [0.25, 0.3) is 0 Å². The first-order valence-corrected chi connectivity index (χ1v) is 11.0. The van der Waals surface area contributed by atoms with Crippen molar-refractivity contribution in [3.05, 3.63) is 12.2 Å². The molecule has 1 atom stereocenters. The molecule has 0 aromatic carbocycles. The Labute approximate surface area is 148 Å². The molecular formula is C23H46. The van der Waals surface area contributed by atoms with Crippen LogP contribution in [-0.2, 0) is 0 Å². The summed E-state index contributed by atoms with van der Waals surface area (Å²) < 4.78 is 0. The zero-order valence-corrected chi connectivity index (χ0v) is 16.8. The lowest BCUT2D eigenvalue weighted by atomic mass is 9.93. The van der Waals surface area contributed by atoms with E-state index >= 15 is 0 Å². The molecule has 0 radical (unpaired) electrons. The van der Waals surface area contributed by atoms with Gasteiger partial charge in [-0.25, -0.2) is 0 Å². The van der Waals surface area contributed by atoms with Crippen LogP contribution in [0.5, 0.6) is 0 Å². The zero-order valence-electron chi connectivity index (χ0n) is 16.8. The van der Waals surface area contributed by atoms with Gasteiger partial charge in [0.1, 0.15) is 0 Å².